The van der Waals surface area contributed by atoms with E-state index in [0.29, 0.717) is 31.7 Å². The van der Waals surface area contributed by atoms with Crippen LogP contribution in [0.3, 0.4) is 0 Å². The van der Waals surface area contributed by atoms with Crippen LogP contribution in [0.4, 0.5) is 0 Å². The Kier molecular flexibility index (Phi) is 33.4. The molecule has 0 aromatic heterocycles. The molecule has 18 heteroatoms. The smallest absolute Gasteiger partial charge is 0.373 e. The van der Waals surface area contributed by atoms with Gasteiger partial charge >= 0.3 is 29.6 Å². The Balaban J connectivity index is -0.0000000693. The van der Waals surface area contributed by atoms with Gasteiger partial charge in [0.2, 0.25) is 0 Å². The number of alkyl halides is 1. The average molecular weight is 524 g/mol. The van der Waals surface area contributed by atoms with Gasteiger partial charge in [0.1, 0.15) is 29.5 Å². The molecule has 0 atom stereocenters. The van der Waals surface area contributed by atoms with Crippen molar-refractivity contribution in [1.82, 2.24) is 0 Å². The van der Waals surface area contributed by atoms with Crippen molar-refractivity contribution in [1.29, 1.82) is 0 Å². The first-order chi connectivity index (χ1) is 13.1. The minimum atomic E-state index is -2.89. The first-order valence-electron chi connectivity index (χ1n) is 7.88. The first kappa shape index (κ1) is 40.1. The second-order valence-corrected chi connectivity index (χ2v) is 12.6. The number of rotatable bonds is 10. The summed E-state index contributed by atoms with van der Waals surface area (Å²) in [5.74, 6) is 0.930. The predicted molar refractivity (Wildman–Crippen MR) is 119 cm³/mol. The van der Waals surface area contributed by atoms with E-state index in [4.69, 9.17) is 33.9 Å². The molecule has 0 fully saturated rings. The fourth-order valence-corrected chi connectivity index (χ4v) is 3.41. The molecule has 0 saturated heterocycles. The molecular weight excluding hydrogens is 493 g/mol. The molecule has 0 amide bonds. The topological polar surface area (TPSA) is 236 Å². The molecule has 0 aliphatic carbocycles. The summed E-state index contributed by atoms with van der Waals surface area (Å²) in [4.78, 5) is 3.99. The molecule has 13 nitrogen and oxygen atoms in total. The van der Waals surface area contributed by atoms with Crippen LogP contribution in [0.1, 0.15) is 20.7 Å². The molecular formula is C12H31ClN7NaO6S3. The van der Waals surface area contributed by atoms with E-state index in [1.165, 1.54) is 17.4 Å². The van der Waals surface area contributed by atoms with E-state index in [2.05, 4.69) is 10.0 Å². The second-order valence-electron chi connectivity index (χ2n) is 5.47. The number of halogens is 1. The van der Waals surface area contributed by atoms with Crippen molar-refractivity contribution in [2.45, 2.75) is 19.3 Å². The largest absolute Gasteiger partial charge is 1.00 e. The molecule has 0 spiro atoms. The van der Waals surface area contributed by atoms with Gasteiger partial charge in [0.25, 0.3) is 0 Å². The van der Waals surface area contributed by atoms with E-state index >= 15 is 0 Å². The van der Waals surface area contributed by atoms with Crippen LogP contribution in [-0.4, -0.2) is 80.2 Å². The van der Waals surface area contributed by atoms with E-state index < -0.39 is 29.5 Å². The van der Waals surface area contributed by atoms with Gasteiger partial charge in [0.15, 0.2) is 0 Å². The van der Waals surface area contributed by atoms with Crippen LogP contribution in [0, 0.1) is 0 Å². The Morgan fingerprint density at radius 2 is 1.17 bits per heavy atom. The van der Waals surface area contributed by atoms with E-state index in [0.717, 1.165) is 6.26 Å². The fraction of sp³-hybridized carbons (Fsp3) is 1.00. The standard InChI is InChI=1S/C4H9ClO2S.C4H9N3O2S.C4H11NO2S.N3.Na.H2/c1-8(6,7)4-2-3-5;1-10(8,9)4-2-3-6-7-5;1-8(6,7)4-2-3-5;1-3-2;;/h2-4H2,1H3;2-4H2,1H3;2-5H2,1H3;;;1H/q;;;-1;+1;. The van der Waals surface area contributed by atoms with Crippen molar-refractivity contribution in [2.75, 3.05) is 55.0 Å². The van der Waals surface area contributed by atoms with Crippen LogP contribution in [-0.2, 0) is 29.5 Å². The van der Waals surface area contributed by atoms with Crippen LogP contribution < -0.4 is 35.3 Å². The number of hydrogen-bond donors (Lipinski definition) is 1. The zero-order valence-corrected chi connectivity index (χ0v) is 22.9. The first-order valence-corrected chi connectivity index (χ1v) is 14.6. The Labute approximate surface area is 207 Å². The Morgan fingerprint density at radius 3 is 1.37 bits per heavy atom. The third-order valence-electron chi connectivity index (χ3n) is 2.20. The quantitative estimate of drug-likeness (QED) is 0.0922. The molecule has 176 valence electrons. The van der Waals surface area contributed by atoms with Crippen LogP contribution >= 0.6 is 11.6 Å². The van der Waals surface area contributed by atoms with Crippen molar-refractivity contribution in [2.24, 2.45) is 10.8 Å². The summed E-state index contributed by atoms with van der Waals surface area (Å²) in [7, 11) is -8.42. The molecule has 0 unspecified atom stereocenters. The summed E-state index contributed by atoms with van der Waals surface area (Å²) in [6.07, 6.45) is 5.10. The van der Waals surface area contributed by atoms with E-state index in [1.807, 2.05) is 0 Å². The molecule has 0 aliphatic heterocycles. The minimum absolute atomic E-state index is 0. The molecule has 2 N–H and O–H groups in total. The fourth-order valence-electron chi connectivity index (χ4n) is 1.10. The SMILES string of the molecule is CS(=O)(=O)CCCCl.CS(=O)(=O)CCCN.CS(=O)(=O)CCCN=[N+]=[N-].[HH].[N-]=[N+]=[N-].[Na+]. The number of azide groups is 1. The van der Waals surface area contributed by atoms with Gasteiger partial charge in [0.05, 0.1) is 17.3 Å². The molecule has 30 heavy (non-hydrogen) atoms. The van der Waals surface area contributed by atoms with Gasteiger partial charge in [-0.2, -0.15) is 0 Å². The molecule has 0 rings (SSSR count). The number of hydrogen-bond acceptors (Lipinski definition) is 8. The van der Waals surface area contributed by atoms with Crippen molar-refractivity contribution in [3.05, 3.63) is 26.4 Å². The molecule has 0 saturated carbocycles. The summed E-state index contributed by atoms with van der Waals surface area (Å²) in [6.45, 7) is 0.705. The molecule has 0 bridgehead atoms. The summed E-state index contributed by atoms with van der Waals surface area (Å²) in [6, 6.07) is 0. The van der Waals surface area contributed by atoms with Gasteiger partial charge in [0, 0.05) is 37.5 Å². The van der Waals surface area contributed by atoms with E-state index in [9.17, 15) is 25.3 Å². The normalized spacial score (nSPS) is 10.0. The number of nitrogens with zero attached hydrogens (tertiary/aromatic N) is 6. The van der Waals surface area contributed by atoms with Gasteiger partial charge in [-0.3, -0.25) is 4.91 Å². The zero-order valence-electron chi connectivity index (χ0n) is 17.7. The maximum Gasteiger partial charge on any atom is 1.00 e. The molecule has 0 aliphatic rings. The van der Waals surface area contributed by atoms with Crippen LogP contribution in [0.2, 0.25) is 0 Å². The van der Waals surface area contributed by atoms with Gasteiger partial charge in [-0.1, -0.05) is 5.11 Å². The predicted octanol–water partition coefficient (Wildman–Crippen LogP) is -1.11. The Morgan fingerprint density at radius 1 is 0.833 bits per heavy atom. The van der Waals surface area contributed by atoms with Gasteiger partial charge < -0.3 is 16.8 Å². The van der Waals surface area contributed by atoms with Crippen molar-refractivity contribution in [3.63, 3.8) is 0 Å². The second kappa shape index (κ2) is 25.0. The Bertz CT molecular complexity index is 765. The molecule has 0 aromatic rings. The third kappa shape index (κ3) is 70.8. The van der Waals surface area contributed by atoms with Crippen molar-refractivity contribution < 1.29 is 56.2 Å². The number of sulfone groups is 3. The van der Waals surface area contributed by atoms with Crippen molar-refractivity contribution >= 4 is 41.1 Å². The van der Waals surface area contributed by atoms with E-state index in [-0.39, 0.29) is 54.8 Å². The molecule has 0 radical (unpaired) electrons. The molecule has 0 heterocycles. The Hall–Kier alpha value is -0.280. The zero-order chi connectivity index (χ0) is 24.0. The number of nitrogens with two attached hydrogens (primary N) is 1. The van der Waals surface area contributed by atoms with Crippen LogP contribution in [0.25, 0.3) is 26.4 Å². The molecule has 0 aromatic carbocycles. The maximum absolute atomic E-state index is 10.5. The van der Waals surface area contributed by atoms with Crippen LogP contribution in [0.5, 0.6) is 0 Å². The summed E-state index contributed by atoms with van der Waals surface area (Å²) >= 11 is 5.24. The third-order valence-corrected chi connectivity index (χ3v) is 5.56. The average Bonchev–Trinajstić information content (AvgIpc) is 2.55. The minimum Gasteiger partial charge on any atom is -0.373 e. The van der Waals surface area contributed by atoms with Crippen LogP contribution in [0.15, 0.2) is 5.11 Å². The van der Waals surface area contributed by atoms with Gasteiger partial charge in [-0.15, -0.1) is 11.6 Å². The summed E-state index contributed by atoms with van der Waals surface area (Å²) in [5, 5.41) is 3.19. The maximum atomic E-state index is 10.5. The summed E-state index contributed by atoms with van der Waals surface area (Å²) < 4.78 is 62.3. The van der Waals surface area contributed by atoms with Gasteiger partial charge in [-0.05, 0) is 31.3 Å². The van der Waals surface area contributed by atoms with Gasteiger partial charge in [-0.25, -0.2) is 25.3 Å². The van der Waals surface area contributed by atoms with Crippen molar-refractivity contribution in [3.8, 4) is 0 Å². The van der Waals surface area contributed by atoms with E-state index in [1.54, 1.807) is 0 Å². The monoisotopic (exact) mass is 523 g/mol. The summed E-state index contributed by atoms with van der Waals surface area (Å²) in [5.41, 5.74) is 26.4.